The van der Waals surface area contributed by atoms with Gasteiger partial charge in [-0.15, -0.1) is 10.2 Å². The zero-order chi connectivity index (χ0) is 16.5. The van der Waals surface area contributed by atoms with Gasteiger partial charge in [0.1, 0.15) is 11.3 Å². The van der Waals surface area contributed by atoms with Crippen molar-refractivity contribution < 1.29 is 9.53 Å². The highest BCUT2D eigenvalue weighted by Crippen LogP contribution is 2.22. The number of aromatic amines is 1. The summed E-state index contributed by atoms with van der Waals surface area (Å²) in [4.78, 5) is 19.7. The molecule has 0 aliphatic heterocycles. The number of para-hydroxylation sites is 1. The number of benzene rings is 2. The van der Waals surface area contributed by atoms with Crippen LogP contribution in [0, 0.1) is 0 Å². The molecule has 4 rings (SSSR count). The molecule has 2 aromatic heterocycles. The van der Waals surface area contributed by atoms with Gasteiger partial charge in [0, 0.05) is 16.5 Å². The van der Waals surface area contributed by atoms with Crippen LogP contribution >= 0.6 is 0 Å². The number of nitrogens with one attached hydrogen (secondary N) is 2. The standard InChI is InChI=1S/C17H13N5O2/c1-24-11-8-6-10(7-9-11)16(23)20-17-19-15-14(21-22-17)12-4-2-3-5-13(12)18-15/h2-9H,1H3,(H2,18,19,20,22,23). The molecular formula is C17H13N5O2. The third-order valence-electron chi connectivity index (χ3n) is 3.70. The van der Waals surface area contributed by atoms with Crippen LogP contribution in [-0.4, -0.2) is 33.2 Å². The normalized spacial score (nSPS) is 10.9. The number of hydrogen-bond donors (Lipinski definition) is 2. The van der Waals surface area contributed by atoms with Gasteiger partial charge in [-0.2, -0.15) is 4.98 Å². The molecule has 4 aromatic rings. The molecule has 2 heterocycles. The van der Waals surface area contributed by atoms with Crippen LogP contribution in [-0.2, 0) is 0 Å². The number of carbonyl (C=O) groups excluding carboxylic acids is 1. The van der Waals surface area contributed by atoms with E-state index < -0.39 is 0 Å². The number of methoxy groups -OCH3 is 1. The lowest BCUT2D eigenvalue weighted by molar-refractivity contribution is 0.102. The number of nitrogens with zero attached hydrogens (tertiary/aromatic N) is 3. The molecule has 7 nitrogen and oxygen atoms in total. The van der Waals surface area contributed by atoms with Crippen molar-refractivity contribution in [2.75, 3.05) is 12.4 Å². The Bertz CT molecular complexity index is 1040. The van der Waals surface area contributed by atoms with Crippen LogP contribution in [0.4, 0.5) is 5.95 Å². The Morgan fingerprint density at radius 3 is 2.67 bits per heavy atom. The fourth-order valence-electron chi connectivity index (χ4n) is 2.49. The molecule has 2 aromatic carbocycles. The summed E-state index contributed by atoms with van der Waals surface area (Å²) in [7, 11) is 1.57. The van der Waals surface area contributed by atoms with Crippen molar-refractivity contribution >= 4 is 33.9 Å². The highest BCUT2D eigenvalue weighted by Gasteiger charge is 2.12. The number of carbonyl (C=O) groups is 1. The minimum atomic E-state index is -0.310. The number of rotatable bonds is 3. The summed E-state index contributed by atoms with van der Waals surface area (Å²) in [5.74, 6) is 0.522. The second-order valence-corrected chi connectivity index (χ2v) is 5.19. The molecule has 0 fully saturated rings. The van der Waals surface area contributed by atoms with E-state index in [2.05, 4.69) is 25.5 Å². The van der Waals surface area contributed by atoms with E-state index in [1.54, 1.807) is 31.4 Å². The molecule has 118 valence electrons. The Morgan fingerprint density at radius 1 is 1.08 bits per heavy atom. The van der Waals surface area contributed by atoms with Crippen molar-refractivity contribution in [1.82, 2.24) is 20.2 Å². The Morgan fingerprint density at radius 2 is 1.88 bits per heavy atom. The topological polar surface area (TPSA) is 92.8 Å². The maximum absolute atomic E-state index is 12.3. The number of H-pyrrole nitrogens is 1. The summed E-state index contributed by atoms with van der Waals surface area (Å²) in [6, 6.07) is 14.5. The minimum absolute atomic E-state index is 0.148. The molecule has 24 heavy (non-hydrogen) atoms. The van der Waals surface area contributed by atoms with Crippen molar-refractivity contribution in [3.63, 3.8) is 0 Å². The molecule has 0 aliphatic carbocycles. The zero-order valence-corrected chi connectivity index (χ0v) is 12.8. The lowest BCUT2D eigenvalue weighted by Crippen LogP contribution is -2.14. The Labute approximate surface area is 136 Å². The Hall–Kier alpha value is -3.48. The van der Waals surface area contributed by atoms with Crippen molar-refractivity contribution in [1.29, 1.82) is 0 Å². The van der Waals surface area contributed by atoms with Gasteiger partial charge in [-0.25, -0.2) is 0 Å². The first-order valence-corrected chi connectivity index (χ1v) is 7.31. The number of aromatic nitrogens is 4. The number of ether oxygens (including phenoxy) is 1. The van der Waals surface area contributed by atoms with Gasteiger partial charge >= 0.3 is 0 Å². The van der Waals surface area contributed by atoms with Crippen molar-refractivity contribution in [2.45, 2.75) is 0 Å². The molecule has 0 spiro atoms. The molecule has 0 unspecified atom stereocenters. The molecule has 0 saturated carbocycles. The Kier molecular flexibility index (Phi) is 3.31. The van der Waals surface area contributed by atoms with Gasteiger partial charge in [0.2, 0.25) is 0 Å². The second-order valence-electron chi connectivity index (χ2n) is 5.19. The summed E-state index contributed by atoms with van der Waals surface area (Å²) in [5.41, 5.74) is 2.66. The van der Waals surface area contributed by atoms with Crippen molar-refractivity contribution in [3.8, 4) is 5.75 Å². The summed E-state index contributed by atoms with van der Waals surface area (Å²) >= 11 is 0. The van der Waals surface area contributed by atoms with Crippen LogP contribution in [0.2, 0.25) is 0 Å². The summed E-state index contributed by atoms with van der Waals surface area (Å²) in [6.07, 6.45) is 0. The van der Waals surface area contributed by atoms with Gasteiger partial charge in [-0.05, 0) is 30.3 Å². The fourth-order valence-corrected chi connectivity index (χ4v) is 2.49. The van der Waals surface area contributed by atoms with E-state index in [0.717, 1.165) is 10.9 Å². The van der Waals surface area contributed by atoms with Crippen LogP contribution in [0.1, 0.15) is 10.4 Å². The molecule has 0 bridgehead atoms. The smallest absolute Gasteiger partial charge is 0.258 e. The number of fused-ring (bicyclic) bond motifs is 3. The van der Waals surface area contributed by atoms with Crippen molar-refractivity contribution in [3.05, 3.63) is 54.1 Å². The molecule has 0 aliphatic rings. The molecule has 1 amide bonds. The maximum Gasteiger partial charge on any atom is 0.258 e. The van der Waals surface area contributed by atoms with Crippen molar-refractivity contribution in [2.24, 2.45) is 0 Å². The van der Waals surface area contributed by atoms with E-state index in [1.165, 1.54) is 0 Å². The van der Waals surface area contributed by atoms with Crippen LogP contribution in [0.5, 0.6) is 5.75 Å². The maximum atomic E-state index is 12.3. The van der Waals surface area contributed by atoms with Gasteiger partial charge in [-0.3, -0.25) is 10.1 Å². The summed E-state index contributed by atoms with van der Waals surface area (Å²) in [5, 5.41) is 11.7. The Balaban J connectivity index is 1.63. The van der Waals surface area contributed by atoms with Gasteiger partial charge in [0.15, 0.2) is 5.65 Å². The zero-order valence-electron chi connectivity index (χ0n) is 12.8. The first-order valence-electron chi connectivity index (χ1n) is 7.31. The molecule has 0 radical (unpaired) electrons. The fraction of sp³-hybridized carbons (Fsp3) is 0.0588. The largest absolute Gasteiger partial charge is 0.497 e. The first kappa shape index (κ1) is 14.1. The van der Waals surface area contributed by atoms with E-state index in [1.807, 2.05) is 24.3 Å². The SMILES string of the molecule is COc1ccc(C(=O)Nc2nnc3c(n2)[nH]c2ccccc23)cc1. The van der Waals surface area contributed by atoms with Gasteiger partial charge in [0.25, 0.3) is 11.9 Å². The molecule has 2 N–H and O–H groups in total. The lowest BCUT2D eigenvalue weighted by Gasteiger charge is -2.04. The lowest BCUT2D eigenvalue weighted by atomic mass is 10.2. The second kappa shape index (κ2) is 5.62. The van der Waals surface area contributed by atoms with Gasteiger partial charge in [-0.1, -0.05) is 18.2 Å². The predicted octanol–water partition coefficient (Wildman–Crippen LogP) is 2.77. The van der Waals surface area contributed by atoms with E-state index in [0.29, 0.717) is 22.5 Å². The minimum Gasteiger partial charge on any atom is -0.497 e. The quantitative estimate of drug-likeness (QED) is 0.605. The monoisotopic (exact) mass is 319 g/mol. The first-order chi connectivity index (χ1) is 11.7. The summed E-state index contributed by atoms with van der Waals surface area (Å²) < 4.78 is 5.07. The van der Waals surface area contributed by atoms with Gasteiger partial charge < -0.3 is 9.72 Å². The van der Waals surface area contributed by atoms with Crippen LogP contribution in [0.15, 0.2) is 48.5 Å². The summed E-state index contributed by atoms with van der Waals surface area (Å²) in [6.45, 7) is 0. The number of anilines is 1. The number of amides is 1. The van der Waals surface area contributed by atoms with Crippen LogP contribution in [0.3, 0.4) is 0 Å². The third kappa shape index (κ3) is 2.41. The average molecular weight is 319 g/mol. The highest BCUT2D eigenvalue weighted by molar-refractivity contribution is 6.05. The third-order valence-corrected chi connectivity index (χ3v) is 3.70. The molecule has 0 saturated heterocycles. The van der Waals surface area contributed by atoms with Crippen LogP contribution < -0.4 is 10.1 Å². The highest BCUT2D eigenvalue weighted by atomic mass is 16.5. The van der Waals surface area contributed by atoms with E-state index >= 15 is 0 Å². The van der Waals surface area contributed by atoms with Gasteiger partial charge in [0.05, 0.1) is 7.11 Å². The molecule has 7 heteroatoms. The van der Waals surface area contributed by atoms with E-state index in [9.17, 15) is 4.79 Å². The van der Waals surface area contributed by atoms with E-state index in [-0.39, 0.29) is 11.9 Å². The molecule has 0 atom stereocenters. The van der Waals surface area contributed by atoms with Crippen LogP contribution in [0.25, 0.3) is 22.1 Å². The molecular weight excluding hydrogens is 306 g/mol. The number of hydrogen-bond acceptors (Lipinski definition) is 5. The average Bonchev–Trinajstić information content (AvgIpc) is 2.99. The predicted molar refractivity (Wildman–Crippen MR) is 90.1 cm³/mol. The van der Waals surface area contributed by atoms with E-state index in [4.69, 9.17) is 4.74 Å².